The van der Waals surface area contributed by atoms with Crippen LogP contribution in [0.4, 0.5) is 5.69 Å². The van der Waals surface area contributed by atoms with Crippen LogP contribution in [0.1, 0.15) is 29.4 Å². The Balaban J connectivity index is 1.66. The number of anilines is 1. The molecule has 0 aliphatic carbocycles. The molecular weight excluding hydrogens is 356 g/mol. The van der Waals surface area contributed by atoms with E-state index in [1.807, 2.05) is 68.8 Å². The third kappa shape index (κ3) is 4.77. The Morgan fingerprint density at radius 3 is 2.63 bits per heavy atom. The van der Waals surface area contributed by atoms with Crippen LogP contribution < -0.4 is 5.32 Å². The summed E-state index contributed by atoms with van der Waals surface area (Å²) in [5.74, 6) is 0.840. The molecule has 0 fully saturated rings. The molecule has 2 aromatic carbocycles. The number of nitrogens with one attached hydrogen (secondary N) is 1. The number of hydrogen-bond acceptors (Lipinski definition) is 4. The van der Waals surface area contributed by atoms with Gasteiger partial charge in [0.2, 0.25) is 5.91 Å². The van der Waals surface area contributed by atoms with Crippen molar-refractivity contribution in [2.24, 2.45) is 7.05 Å². The average Bonchev–Trinajstić information content (AvgIpc) is 2.99. The van der Waals surface area contributed by atoms with E-state index in [9.17, 15) is 4.79 Å². The van der Waals surface area contributed by atoms with Crippen LogP contribution in [0.25, 0.3) is 0 Å². The Morgan fingerprint density at radius 1 is 1.15 bits per heavy atom. The quantitative estimate of drug-likeness (QED) is 0.653. The highest BCUT2D eigenvalue weighted by atomic mass is 32.2. The lowest BCUT2D eigenvalue weighted by atomic mass is 10.1. The van der Waals surface area contributed by atoms with E-state index in [1.54, 1.807) is 0 Å². The molecule has 1 N–H and O–H groups in total. The normalized spacial score (nSPS) is 12.0. The van der Waals surface area contributed by atoms with Crippen molar-refractivity contribution in [2.75, 3.05) is 5.32 Å². The SMILES string of the molecule is Cc1ccc(C)c(NC(=O)C(C)Sc2nnc(Cc3ccccc3)n2C)c1. The first-order valence-electron chi connectivity index (χ1n) is 8.91. The van der Waals surface area contributed by atoms with Crippen molar-refractivity contribution in [2.45, 2.75) is 37.6 Å². The molecule has 0 aliphatic rings. The Labute approximate surface area is 164 Å². The fourth-order valence-corrected chi connectivity index (χ4v) is 3.53. The maximum atomic E-state index is 12.6. The van der Waals surface area contributed by atoms with Crippen LogP contribution in [-0.4, -0.2) is 25.9 Å². The van der Waals surface area contributed by atoms with Crippen molar-refractivity contribution in [3.05, 3.63) is 71.0 Å². The molecule has 6 heteroatoms. The lowest BCUT2D eigenvalue weighted by molar-refractivity contribution is -0.115. The van der Waals surface area contributed by atoms with E-state index in [0.29, 0.717) is 6.42 Å². The second-order valence-corrected chi connectivity index (χ2v) is 8.00. The molecule has 0 aliphatic heterocycles. The first kappa shape index (κ1) is 19.2. The fourth-order valence-electron chi connectivity index (χ4n) is 2.70. The average molecular weight is 381 g/mol. The number of aromatic nitrogens is 3. The molecule has 5 nitrogen and oxygen atoms in total. The van der Waals surface area contributed by atoms with E-state index in [2.05, 4.69) is 27.6 Å². The van der Waals surface area contributed by atoms with Crippen molar-refractivity contribution in [1.29, 1.82) is 0 Å². The number of amides is 1. The Hall–Kier alpha value is -2.60. The van der Waals surface area contributed by atoms with Crippen molar-refractivity contribution in [3.8, 4) is 0 Å². The molecule has 0 saturated carbocycles. The van der Waals surface area contributed by atoms with Gasteiger partial charge in [-0.2, -0.15) is 0 Å². The van der Waals surface area contributed by atoms with Crippen molar-refractivity contribution in [3.63, 3.8) is 0 Å². The minimum atomic E-state index is -0.280. The topological polar surface area (TPSA) is 59.8 Å². The minimum absolute atomic E-state index is 0.0405. The van der Waals surface area contributed by atoms with Gasteiger partial charge in [0, 0.05) is 19.2 Å². The molecule has 0 saturated heterocycles. The van der Waals surface area contributed by atoms with Gasteiger partial charge in [0.05, 0.1) is 5.25 Å². The highest BCUT2D eigenvalue weighted by Crippen LogP contribution is 2.24. The van der Waals surface area contributed by atoms with Gasteiger partial charge in [0.1, 0.15) is 5.82 Å². The Bertz CT molecular complexity index is 937. The summed E-state index contributed by atoms with van der Waals surface area (Å²) in [5, 5.41) is 12.0. The van der Waals surface area contributed by atoms with Crippen molar-refractivity contribution >= 4 is 23.4 Å². The predicted molar refractivity (Wildman–Crippen MR) is 110 cm³/mol. The van der Waals surface area contributed by atoms with E-state index >= 15 is 0 Å². The number of carbonyl (C=O) groups excluding carboxylic acids is 1. The molecule has 0 spiro atoms. The maximum Gasteiger partial charge on any atom is 0.237 e. The number of aryl methyl sites for hydroxylation is 2. The summed E-state index contributed by atoms with van der Waals surface area (Å²) >= 11 is 1.42. The van der Waals surface area contributed by atoms with Crippen LogP contribution >= 0.6 is 11.8 Å². The zero-order chi connectivity index (χ0) is 19.4. The minimum Gasteiger partial charge on any atom is -0.325 e. The smallest absolute Gasteiger partial charge is 0.237 e. The maximum absolute atomic E-state index is 12.6. The van der Waals surface area contributed by atoms with Gasteiger partial charge in [0.25, 0.3) is 0 Å². The Kier molecular flexibility index (Phi) is 5.96. The zero-order valence-corrected chi connectivity index (χ0v) is 16.9. The fraction of sp³-hybridized carbons (Fsp3) is 0.286. The number of benzene rings is 2. The number of nitrogens with zero attached hydrogens (tertiary/aromatic N) is 3. The van der Waals surface area contributed by atoms with E-state index < -0.39 is 0 Å². The van der Waals surface area contributed by atoms with Gasteiger partial charge >= 0.3 is 0 Å². The number of hydrogen-bond donors (Lipinski definition) is 1. The summed E-state index contributed by atoms with van der Waals surface area (Å²) in [4.78, 5) is 12.6. The third-order valence-corrected chi connectivity index (χ3v) is 5.57. The molecule has 1 unspecified atom stereocenters. The van der Waals surface area contributed by atoms with Gasteiger partial charge in [0.15, 0.2) is 5.16 Å². The zero-order valence-electron chi connectivity index (χ0n) is 16.1. The lowest BCUT2D eigenvalue weighted by Crippen LogP contribution is -2.23. The standard InChI is InChI=1S/C21H24N4OS/c1-14-10-11-15(2)18(12-14)22-20(26)16(3)27-21-24-23-19(25(21)4)13-17-8-6-5-7-9-17/h5-12,16H,13H2,1-4H3,(H,22,26). The van der Waals surface area contributed by atoms with Gasteiger partial charge in [-0.15, -0.1) is 10.2 Å². The second kappa shape index (κ2) is 8.39. The first-order valence-corrected chi connectivity index (χ1v) is 9.79. The summed E-state index contributed by atoms with van der Waals surface area (Å²) in [7, 11) is 1.94. The van der Waals surface area contributed by atoms with Gasteiger partial charge in [-0.25, -0.2) is 0 Å². The van der Waals surface area contributed by atoms with Crippen LogP contribution in [0, 0.1) is 13.8 Å². The summed E-state index contributed by atoms with van der Waals surface area (Å²) in [6, 6.07) is 16.2. The van der Waals surface area contributed by atoms with Crippen LogP contribution in [0.3, 0.4) is 0 Å². The van der Waals surface area contributed by atoms with E-state index in [1.165, 1.54) is 17.3 Å². The predicted octanol–water partition coefficient (Wildman–Crippen LogP) is 4.14. The summed E-state index contributed by atoms with van der Waals surface area (Å²) in [5.41, 5.74) is 4.21. The highest BCUT2D eigenvalue weighted by Gasteiger charge is 2.19. The second-order valence-electron chi connectivity index (χ2n) is 6.69. The molecule has 1 aromatic heterocycles. The molecular formula is C21H24N4OS. The number of carbonyl (C=O) groups is 1. The third-order valence-electron chi connectivity index (χ3n) is 4.43. The van der Waals surface area contributed by atoms with Gasteiger partial charge in [-0.05, 0) is 43.5 Å². The van der Waals surface area contributed by atoms with Crippen LogP contribution in [-0.2, 0) is 18.3 Å². The lowest BCUT2D eigenvalue weighted by Gasteiger charge is -2.14. The molecule has 1 heterocycles. The van der Waals surface area contributed by atoms with Crippen LogP contribution in [0.2, 0.25) is 0 Å². The summed E-state index contributed by atoms with van der Waals surface area (Å²) in [6.07, 6.45) is 0.716. The molecule has 27 heavy (non-hydrogen) atoms. The monoisotopic (exact) mass is 380 g/mol. The molecule has 1 amide bonds. The number of thioether (sulfide) groups is 1. The molecule has 0 radical (unpaired) electrons. The van der Waals surface area contributed by atoms with E-state index in [0.717, 1.165) is 27.8 Å². The molecule has 140 valence electrons. The van der Waals surface area contributed by atoms with Gasteiger partial charge in [-0.1, -0.05) is 54.2 Å². The summed E-state index contributed by atoms with van der Waals surface area (Å²) < 4.78 is 1.96. The van der Waals surface area contributed by atoms with E-state index in [-0.39, 0.29) is 11.2 Å². The largest absolute Gasteiger partial charge is 0.325 e. The molecule has 1 atom stereocenters. The number of rotatable bonds is 6. The highest BCUT2D eigenvalue weighted by molar-refractivity contribution is 8.00. The van der Waals surface area contributed by atoms with Crippen molar-refractivity contribution in [1.82, 2.24) is 14.8 Å². The first-order chi connectivity index (χ1) is 12.9. The van der Waals surface area contributed by atoms with Crippen LogP contribution in [0.15, 0.2) is 53.7 Å². The molecule has 3 rings (SSSR count). The van der Waals surface area contributed by atoms with Gasteiger partial charge < -0.3 is 9.88 Å². The van der Waals surface area contributed by atoms with E-state index in [4.69, 9.17) is 0 Å². The molecule has 0 bridgehead atoms. The molecule has 3 aromatic rings. The Morgan fingerprint density at radius 2 is 1.89 bits per heavy atom. The summed E-state index contributed by atoms with van der Waals surface area (Å²) in [6.45, 7) is 5.89. The van der Waals surface area contributed by atoms with Crippen molar-refractivity contribution < 1.29 is 4.79 Å². The van der Waals surface area contributed by atoms with Gasteiger partial charge in [-0.3, -0.25) is 4.79 Å². The van der Waals surface area contributed by atoms with Crippen LogP contribution in [0.5, 0.6) is 0 Å².